The molecule has 0 spiro atoms. The zero-order chi connectivity index (χ0) is 14.0. The van der Waals surface area contributed by atoms with Crippen LogP contribution >= 0.6 is 0 Å². The van der Waals surface area contributed by atoms with Crippen LogP contribution < -0.4 is 4.74 Å². The molecule has 104 valence electrons. The van der Waals surface area contributed by atoms with Crippen LogP contribution in [0.3, 0.4) is 0 Å². The molecule has 2 aromatic carbocycles. The van der Waals surface area contributed by atoms with Crippen molar-refractivity contribution in [2.24, 2.45) is 0 Å². The first-order chi connectivity index (χ1) is 9.78. The SMILES string of the molecule is COc1ccccc1C(O)C1(c2ccccc2)CCC1. The molecule has 3 rings (SSSR count). The maximum absolute atomic E-state index is 11.0. The number of ether oxygens (including phenoxy) is 1. The Balaban J connectivity index is 2.01. The summed E-state index contributed by atoms with van der Waals surface area (Å²) in [5.41, 5.74) is 1.96. The summed E-state index contributed by atoms with van der Waals surface area (Å²) >= 11 is 0. The van der Waals surface area contributed by atoms with E-state index in [-0.39, 0.29) is 5.41 Å². The number of hydrogen-bond acceptors (Lipinski definition) is 2. The second-order valence-corrected chi connectivity index (χ2v) is 5.52. The van der Waals surface area contributed by atoms with Gasteiger partial charge in [-0.05, 0) is 24.5 Å². The highest BCUT2D eigenvalue weighted by atomic mass is 16.5. The maximum atomic E-state index is 11.0. The minimum atomic E-state index is -0.519. The first kappa shape index (κ1) is 13.2. The van der Waals surface area contributed by atoms with Crippen molar-refractivity contribution in [3.63, 3.8) is 0 Å². The van der Waals surface area contributed by atoms with Crippen molar-refractivity contribution in [1.82, 2.24) is 0 Å². The van der Waals surface area contributed by atoms with Gasteiger partial charge in [-0.3, -0.25) is 0 Å². The van der Waals surface area contributed by atoms with Crippen LogP contribution in [-0.2, 0) is 5.41 Å². The molecule has 1 saturated carbocycles. The van der Waals surface area contributed by atoms with Crippen molar-refractivity contribution < 1.29 is 9.84 Å². The van der Waals surface area contributed by atoms with Crippen molar-refractivity contribution >= 4 is 0 Å². The molecule has 0 saturated heterocycles. The smallest absolute Gasteiger partial charge is 0.124 e. The van der Waals surface area contributed by atoms with E-state index in [2.05, 4.69) is 12.1 Å². The Kier molecular flexibility index (Phi) is 3.49. The van der Waals surface area contributed by atoms with Crippen LogP contribution in [0.5, 0.6) is 5.75 Å². The number of aliphatic hydroxyl groups is 1. The fraction of sp³-hybridized carbons (Fsp3) is 0.333. The van der Waals surface area contributed by atoms with Crippen LogP contribution in [0.15, 0.2) is 54.6 Å². The Hall–Kier alpha value is -1.80. The van der Waals surface area contributed by atoms with Gasteiger partial charge in [0.2, 0.25) is 0 Å². The highest BCUT2D eigenvalue weighted by molar-refractivity contribution is 5.41. The van der Waals surface area contributed by atoms with Crippen molar-refractivity contribution in [2.45, 2.75) is 30.8 Å². The molecule has 1 aliphatic carbocycles. The summed E-state index contributed by atoms with van der Waals surface area (Å²) in [5, 5.41) is 11.0. The molecule has 0 bridgehead atoms. The molecule has 2 aromatic rings. The molecule has 1 aliphatic rings. The first-order valence-corrected chi connectivity index (χ1v) is 7.14. The topological polar surface area (TPSA) is 29.5 Å². The molecule has 2 heteroatoms. The van der Waals surface area contributed by atoms with E-state index < -0.39 is 6.10 Å². The molecular formula is C18H20O2. The van der Waals surface area contributed by atoms with Crippen molar-refractivity contribution in [2.75, 3.05) is 7.11 Å². The van der Waals surface area contributed by atoms with Crippen LogP contribution in [0, 0.1) is 0 Å². The number of rotatable bonds is 4. The van der Waals surface area contributed by atoms with E-state index in [4.69, 9.17) is 4.74 Å². The van der Waals surface area contributed by atoms with E-state index in [9.17, 15) is 5.11 Å². The molecule has 0 radical (unpaired) electrons. The van der Waals surface area contributed by atoms with Crippen molar-refractivity contribution in [1.29, 1.82) is 0 Å². The maximum Gasteiger partial charge on any atom is 0.124 e. The lowest BCUT2D eigenvalue weighted by molar-refractivity contribution is 0.0252. The minimum Gasteiger partial charge on any atom is -0.496 e. The summed E-state index contributed by atoms with van der Waals surface area (Å²) in [6, 6.07) is 18.1. The number of hydrogen-bond donors (Lipinski definition) is 1. The fourth-order valence-corrected chi connectivity index (χ4v) is 3.24. The second-order valence-electron chi connectivity index (χ2n) is 5.52. The second kappa shape index (κ2) is 5.29. The molecule has 0 heterocycles. The summed E-state index contributed by atoms with van der Waals surface area (Å²) in [6.45, 7) is 0. The number of methoxy groups -OCH3 is 1. The third-order valence-electron chi connectivity index (χ3n) is 4.55. The number of para-hydroxylation sites is 1. The Morgan fingerprint density at radius 1 is 1.00 bits per heavy atom. The predicted molar refractivity (Wildman–Crippen MR) is 79.9 cm³/mol. The van der Waals surface area contributed by atoms with Crippen LogP contribution in [0.25, 0.3) is 0 Å². The Morgan fingerprint density at radius 2 is 1.65 bits per heavy atom. The first-order valence-electron chi connectivity index (χ1n) is 7.14. The van der Waals surface area contributed by atoms with E-state index in [1.807, 2.05) is 42.5 Å². The molecule has 1 fully saturated rings. The van der Waals surface area contributed by atoms with E-state index in [1.54, 1.807) is 7.11 Å². The zero-order valence-corrected chi connectivity index (χ0v) is 11.8. The summed E-state index contributed by atoms with van der Waals surface area (Å²) in [6.07, 6.45) is 2.70. The standard InChI is InChI=1S/C18H20O2/c1-20-16-11-6-5-10-15(16)17(19)18(12-7-13-18)14-8-3-2-4-9-14/h2-6,8-11,17,19H,7,12-13H2,1H3. The molecular weight excluding hydrogens is 248 g/mol. The van der Waals surface area contributed by atoms with Gasteiger partial charge in [0, 0.05) is 11.0 Å². The molecule has 2 nitrogen and oxygen atoms in total. The normalized spacial score (nSPS) is 18.1. The van der Waals surface area contributed by atoms with E-state index in [1.165, 1.54) is 12.0 Å². The summed E-state index contributed by atoms with van der Waals surface area (Å²) in [4.78, 5) is 0. The Morgan fingerprint density at radius 3 is 2.25 bits per heavy atom. The van der Waals surface area contributed by atoms with Crippen LogP contribution in [0.2, 0.25) is 0 Å². The van der Waals surface area contributed by atoms with Gasteiger partial charge in [-0.15, -0.1) is 0 Å². The van der Waals surface area contributed by atoms with Gasteiger partial charge in [0.15, 0.2) is 0 Å². The highest BCUT2D eigenvalue weighted by Gasteiger charge is 2.46. The van der Waals surface area contributed by atoms with Crippen molar-refractivity contribution in [3.8, 4) is 5.75 Å². The predicted octanol–water partition coefficient (Wildman–Crippen LogP) is 3.85. The van der Waals surface area contributed by atoms with E-state index >= 15 is 0 Å². The Bertz CT molecular complexity index is 573. The fourth-order valence-electron chi connectivity index (χ4n) is 3.24. The van der Waals surface area contributed by atoms with Gasteiger partial charge in [-0.1, -0.05) is 55.0 Å². The molecule has 1 atom stereocenters. The lowest BCUT2D eigenvalue weighted by Crippen LogP contribution is -2.40. The van der Waals surface area contributed by atoms with E-state index in [0.29, 0.717) is 0 Å². The monoisotopic (exact) mass is 268 g/mol. The Labute approximate surface area is 120 Å². The van der Waals surface area contributed by atoms with Gasteiger partial charge in [-0.2, -0.15) is 0 Å². The quantitative estimate of drug-likeness (QED) is 0.912. The molecule has 0 amide bonds. The molecule has 1 unspecified atom stereocenters. The molecule has 0 aliphatic heterocycles. The summed E-state index contributed by atoms with van der Waals surface area (Å²) < 4.78 is 5.41. The minimum absolute atomic E-state index is 0.157. The van der Waals surface area contributed by atoms with Crippen LogP contribution in [0.1, 0.15) is 36.5 Å². The molecule has 0 aromatic heterocycles. The average molecular weight is 268 g/mol. The van der Waals surface area contributed by atoms with Gasteiger partial charge < -0.3 is 9.84 Å². The number of benzene rings is 2. The van der Waals surface area contributed by atoms with Gasteiger partial charge in [0.25, 0.3) is 0 Å². The van der Waals surface area contributed by atoms with E-state index in [0.717, 1.165) is 24.2 Å². The molecule has 20 heavy (non-hydrogen) atoms. The van der Waals surface area contributed by atoms with Gasteiger partial charge in [0.1, 0.15) is 5.75 Å². The summed E-state index contributed by atoms with van der Waals surface area (Å²) in [5.74, 6) is 0.766. The largest absolute Gasteiger partial charge is 0.496 e. The average Bonchev–Trinajstić information content (AvgIpc) is 2.47. The van der Waals surface area contributed by atoms with Gasteiger partial charge in [0.05, 0.1) is 13.2 Å². The third kappa shape index (κ3) is 2.01. The third-order valence-corrected chi connectivity index (χ3v) is 4.55. The van der Waals surface area contributed by atoms with Gasteiger partial charge >= 0.3 is 0 Å². The lowest BCUT2D eigenvalue weighted by Gasteiger charge is -2.46. The zero-order valence-electron chi connectivity index (χ0n) is 11.8. The summed E-state index contributed by atoms with van der Waals surface area (Å²) in [7, 11) is 1.65. The highest BCUT2D eigenvalue weighted by Crippen LogP contribution is 2.53. The lowest BCUT2D eigenvalue weighted by atomic mass is 9.60. The van der Waals surface area contributed by atoms with Crippen LogP contribution in [-0.4, -0.2) is 12.2 Å². The molecule has 1 N–H and O–H groups in total. The van der Waals surface area contributed by atoms with Crippen molar-refractivity contribution in [3.05, 3.63) is 65.7 Å². The van der Waals surface area contributed by atoms with Gasteiger partial charge in [-0.25, -0.2) is 0 Å². The van der Waals surface area contributed by atoms with Crippen LogP contribution in [0.4, 0.5) is 0 Å². The number of aliphatic hydroxyl groups excluding tert-OH is 1.